The first kappa shape index (κ1) is 35.4. The Morgan fingerprint density at radius 1 is 0.953 bits per heavy atom. The SMILES string of the molecule is COCCOCCNC(=O)CC[C@@H](C)[C@H]1CC[C@H]2[C@@H]3[C@H](OC)C[C@@H]4C[C@H](O[Si](C)(C)C(C)(C)C)CC[C@]4(C)[C@H]3CC[C@]12C. The van der Waals surface area contributed by atoms with Crippen LogP contribution in [0.2, 0.25) is 18.1 Å². The van der Waals surface area contributed by atoms with Crippen LogP contribution in [0, 0.1) is 46.3 Å². The summed E-state index contributed by atoms with van der Waals surface area (Å²) < 4.78 is 23.9. The van der Waals surface area contributed by atoms with Crippen molar-refractivity contribution in [2.75, 3.05) is 40.6 Å². The molecule has 0 aromatic rings. The third kappa shape index (κ3) is 7.42. The van der Waals surface area contributed by atoms with Gasteiger partial charge < -0.3 is 24.0 Å². The van der Waals surface area contributed by atoms with E-state index in [0.29, 0.717) is 79.5 Å². The fourth-order valence-electron chi connectivity index (χ4n) is 10.2. The highest BCUT2D eigenvalue weighted by atomic mass is 28.4. The van der Waals surface area contributed by atoms with Gasteiger partial charge in [-0.3, -0.25) is 4.79 Å². The van der Waals surface area contributed by atoms with Crippen molar-refractivity contribution in [2.45, 2.75) is 136 Å². The number of ether oxygens (including phenoxy) is 3. The zero-order chi connectivity index (χ0) is 31.6. The summed E-state index contributed by atoms with van der Waals surface area (Å²) in [5.41, 5.74) is 0.762. The predicted octanol–water partition coefficient (Wildman–Crippen LogP) is 7.86. The Kier molecular flexibility index (Phi) is 11.6. The minimum absolute atomic E-state index is 0.157. The molecule has 0 bridgehead atoms. The summed E-state index contributed by atoms with van der Waals surface area (Å²) in [5, 5.41) is 3.30. The van der Waals surface area contributed by atoms with Gasteiger partial charge in [0, 0.05) is 33.3 Å². The first-order valence-corrected chi connectivity index (χ1v) is 20.6. The van der Waals surface area contributed by atoms with E-state index in [0.717, 1.165) is 18.3 Å². The lowest BCUT2D eigenvalue weighted by Crippen LogP contribution is -2.59. The molecule has 1 N–H and O–H groups in total. The van der Waals surface area contributed by atoms with Crippen molar-refractivity contribution in [3.05, 3.63) is 0 Å². The van der Waals surface area contributed by atoms with E-state index >= 15 is 0 Å². The van der Waals surface area contributed by atoms with Crippen LogP contribution in [0.25, 0.3) is 0 Å². The highest BCUT2D eigenvalue weighted by Gasteiger charge is 2.63. The second kappa shape index (κ2) is 14.1. The third-order valence-corrected chi connectivity index (χ3v) is 18.3. The number of hydrogen-bond donors (Lipinski definition) is 1. The molecule has 0 radical (unpaired) electrons. The molecule has 0 spiro atoms. The largest absolute Gasteiger partial charge is 0.414 e. The first-order valence-electron chi connectivity index (χ1n) is 17.7. The van der Waals surface area contributed by atoms with E-state index in [2.05, 4.69) is 60.0 Å². The molecule has 0 aromatic heterocycles. The number of rotatable bonds is 13. The van der Waals surface area contributed by atoms with Gasteiger partial charge in [0.1, 0.15) is 0 Å². The number of fused-ring (bicyclic) bond motifs is 5. The Bertz CT molecular complexity index is 922. The topological polar surface area (TPSA) is 66.0 Å². The number of carbonyl (C=O) groups excluding carboxylic acids is 1. The van der Waals surface area contributed by atoms with Crippen molar-refractivity contribution in [3.8, 4) is 0 Å². The smallest absolute Gasteiger partial charge is 0.220 e. The van der Waals surface area contributed by atoms with Crippen LogP contribution in [-0.2, 0) is 23.4 Å². The average molecular weight is 622 g/mol. The number of amides is 1. The molecule has 0 unspecified atom stereocenters. The zero-order valence-electron chi connectivity index (χ0n) is 29.6. The van der Waals surface area contributed by atoms with E-state index in [1.807, 2.05) is 7.11 Å². The van der Waals surface area contributed by atoms with Gasteiger partial charge in [0.05, 0.1) is 25.9 Å². The maximum atomic E-state index is 12.6. The normalized spacial score (nSPS) is 38.6. The lowest BCUT2D eigenvalue weighted by atomic mass is 9.43. The summed E-state index contributed by atoms with van der Waals surface area (Å²) in [5.74, 6) is 4.28. The highest BCUT2D eigenvalue weighted by Crippen LogP contribution is 2.69. The quantitative estimate of drug-likeness (QED) is 0.168. The van der Waals surface area contributed by atoms with Crippen LogP contribution in [0.1, 0.15) is 106 Å². The molecule has 4 aliphatic carbocycles. The van der Waals surface area contributed by atoms with Gasteiger partial charge in [-0.1, -0.05) is 41.5 Å². The first-order chi connectivity index (χ1) is 20.2. The molecule has 10 atom stereocenters. The van der Waals surface area contributed by atoms with Crippen molar-refractivity contribution in [2.24, 2.45) is 46.3 Å². The Morgan fingerprint density at radius 3 is 2.33 bits per heavy atom. The lowest BCUT2D eigenvalue weighted by molar-refractivity contribution is -0.181. The molecule has 43 heavy (non-hydrogen) atoms. The Morgan fingerprint density at radius 2 is 1.65 bits per heavy atom. The van der Waals surface area contributed by atoms with E-state index in [1.165, 1.54) is 51.4 Å². The molecular formula is C36H67NO5Si. The van der Waals surface area contributed by atoms with Crippen molar-refractivity contribution in [1.29, 1.82) is 0 Å². The van der Waals surface area contributed by atoms with Crippen LogP contribution >= 0.6 is 0 Å². The van der Waals surface area contributed by atoms with Crippen LogP contribution in [0.5, 0.6) is 0 Å². The van der Waals surface area contributed by atoms with Gasteiger partial charge in [-0.05, 0) is 122 Å². The second-order valence-corrected chi connectivity index (χ2v) is 21.7. The summed E-state index contributed by atoms with van der Waals surface area (Å²) in [7, 11) is 1.88. The second-order valence-electron chi connectivity index (χ2n) is 17.0. The van der Waals surface area contributed by atoms with Gasteiger partial charge in [-0.25, -0.2) is 0 Å². The van der Waals surface area contributed by atoms with Crippen LogP contribution in [0.4, 0.5) is 0 Å². The minimum atomic E-state index is -1.77. The molecule has 4 aliphatic rings. The summed E-state index contributed by atoms with van der Waals surface area (Å²) in [6, 6.07) is 0. The molecule has 4 fully saturated rings. The van der Waals surface area contributed by atoms with Crippen molar-refractivity contribution in [1.82, 2.24) is 5.32 Å². The van der Waals surface area contributed by atoms with Crippen molar-refractivity contribution < 1.29 is 23.4 Å². The third-order valence-electron chi connectivity index (χ3n) is 13.8. The fraction of sp³-hybridized carbons (Fsp3) is 0.972. The number of hydrogen-bond acceptors (Lipinski definition) is 5. The molecule has 0 saturated heterocycles. The number of nitrogens with one attached hydrogen (secondary N) is 1. The standard InChI is InChI=1S/C36H67NO5Si/c1-25(11-14-32(38)37-19-20-41-22-21-39-7)28-12-13-29-33-30(16-18-36(28,29)6)35(5)17-15-27(23-26(35)24-31(33)40-8)42-43(9,10)34(2,3)4/h25-31,33H,11-24H2,1-10H3,(H,37,38)/t25-,26+,27-,28-,29+,30+,31-,33+,35+,36-/m1/s1. The zero-order valence-corrected chi connectivity index (χ0v) is 30.6. The molecule has 6 nitrogen and oxygen atoms in total. The van der Waals surface area contributed by atoms with Gasteiger partial charge in [0.2, 0.25) is 5.91 Å². The van der Waals surface area contributed by atoms with E-state index in [9.17, 15) is 4.79 Å². The predicted molar refractivity (Wildman–Crippen MR) is 178 cm³/mol. The summed E-state index contributed by atoms with van der Waals surface area (Å²) in [4.78, 5) is 12.6. The van der Waals surface area contributed by atoms with Crippen LogP contribution in [-0.4, -0.2) is 67.0 Å². The Labute approximate surface area is 265 Å². The monoisotopic (exact) mass is 621 g/mol. The van der Waals surface area contributed by atoms with E-state index in [4.69, 9.17) is 18.6 Å². The maximum absolute atomic E-state index is 12.6. The van der Waals surface area contributed by atoms with E-state index < -0.39 is 8.32 Å². The van der Waals surface area contributed by atoms with Crippen LogP contribution in [0.15, 0.2) is 0 Å². The maximum Gasteiger partial charge on any atom is 0.220 e. The van der Waals surface area contributed by atoms with Gasteiger partial charge in [0.25, 0.3) is 0 Å². The van der Waals surface area contributed by atoms with Crippen molar-refractivity contribution >= 4 is 14.2 Å². The number of carbonyl (C=O) groups is 1. The molecular weight excluding hydrogens is 554 g/mol. The van der Waals surface area contributed by atoms with E-state index in [1.54, 1.807) is 7.11 Å². The summed E-state index contributed by atoms with van der Waals surface area (Å²) in [6.07, 6.45) is 12.6. The number of methoxy groups -OCH3 is 2. The summed E-state index contributed by atoms with van der Waals surface area (Å²) >= 11 is 0. The van der Waals surface area contributed by atoms with Gasteiger partial charge >= 0.3 is 0 Å². The average Bonchev–Trinajstić information content (AvgIpc) is 3.30. The van der Waals surface area contributed by atoms with Crippen LogP contribution < -0.4 is 5.32 Å². The van der Waals surface area contributed by atoms with Gasteiger partial charge in [-0.2, -0.15) is 0 Å². The molecule has 0 heterocycles. The van der Waals surface area contributed by atoms with Crippen molar-refractivity contribution in [3.63, 3.8) is 0 Å². The summed E-state index contributed by atoms with van der Waals surface area (Å²) in [6.45, 7) is 21.9. The molecule has 4 saturated carbocycles. The molecule has 7 heteroatoms. The molecule has 0 aromatic carbocycles. The fourth-order valence-corrected chi connectivity index (χ4v) is 11.6. The molecule has 0 aliphatic heterocycles. The molecule has 4 rings (SSSR count). The minimum Gasteiger partial charge on any atom is -0.414 e. The molecule has 1 amide bonds. The van der Waals surface area contributed by atoms with E-state index in [-0.39, 0.29) is 10.9 Å². The highest BCUT2D eigenvalue weighted by molar-refractivity contribution is 6.74. The molecule has 250 valence electrons. The lowest BCUT2D eigenvalue weighted by Gasteiger charge is -2.63. The Hall–Kier alpha value is -0.473. The van der Waals surface area contributed by atoms with Gasteiger partial charge in [0.15, 0.2) is 8.32 Å². The Balaban J connectivity index is 1.37. The van der Waals surface area contributed by atoms with Gasteiger partial charge in [-0.15, -0.1) is 0 Å². The van der Waals surface area contributed by atoms with Crippen LogP contribution in [0.3, 0.4) is 0 Å².